The normalized spacial score (nSPS) is 16.7. The van der Waals surface area contributed by atoms with Gasteiger partial charge in [-0.05, 0) is 13.0 Å². The van der Waals surface area contributed by atoms with Gasteiger partial charge in [0.1, 0.15) is 0 Å². The first-order valence-electron chi connectivity index (χ1n) is 4.02. The highest BCUT2D eigenvalue weighted by Crippen LogP contribution is 2.19. The van der Waals surface area contributed by atoms with Crippen molar-refractivity contribution in [1.29, 1.82) is 0 Å². The molecular weight excluding hydrogens is 186 g/mol. The summed E-state index contributed by atoms with van der Waals surface area (Å²) in [7, 11) is 1.66. The van der Waals surface area contributed by atoms with Crippen molar-refractivity contribution >= 4 is 11.9 Å². The van der Waals surface area contributed by atoms with Crippen molar-refractivity contribution in [3.8, 4) is 0 Å². The molecule has 0 bridgehead atoms. The van der Waals surface area contributed by atoms with Gasteiger partial charge in [-0.15, -0.1) is 0 Å². The first-order valence-corrected chi connectivity index (χ1v) is 4.02. The molecule has 2 N–H and O–H groups in total. The number of hydrogen-bond donors (Lipinski definition) is 2. The monoisotopic (exact) mass is 197 g/mol. The molecule has 0 aliphatic carbocycles. The fourth-order valence-corrected chi connectivity index (χ4v) is 1.25. The summed E-state index contributed by atoms with van der Waals surface area (Å²) in [6, 6.07) is 0. The fraction of sp³-hybridized carbons (Fsp3) is 0.333. The van der Waals surface area contributed by atoms with Gasteiger partial charge in [0.15, 0.2) is 0 Å². The summed E-state index contributed by atoms with van der Waals surface area (Å²) in [5.74, 6) is -2.18. The second-order valence-electron chi connectivity index (χ2n) is 3.14. The topological polar surface area (TPSA) is 77.8 Å². The van der Waals surface area contributed by atoms with E-state index in [1.807, 2.05) is 0 Å². The van der Waals surface area contributed by atoms with Crippen LogP contribution in [0.4, 0.5) is 0 Å². The van der Waals surface area contributed by atoms with Crippen LogP contribution in [0.1, 0.15) is 6.92 Å². The Labute approximate surface area is 80.9 Å². The van der Waals surface area contributed by atoms with Gasteiger partial charge in [-0.2, -0.15) is 0 Å². The van der Waals surface area contributed by atoms with Gasteiger partial charge in [0.25, 0.3) is 0 Å². The van der Waals surface area contributed by atoms with Gasteiger partial charge in [-0.25, -0.2) is 9.59 Å². The van der Waals surface area contributed by atoms with E-state index in [0.29, 0.717) is 5.70 Å². The van der Waals surface area contributed by atoms with Crippen molar-refractivity contribution in [3.05, 3.63) is 22.9 Å². The summed E-state index contributed by atoms with van der Waals surface area (Å²) in [6.45, 7) is 1.89. The molecule has 0 amide bonds. The molecule has 0 radical (unpaired) electrons. The lowest BCUT2D eigenvalue weighted by Gasteiger charge is -2.25. The molecule has 0 atom stereocenters. The van der Waals surface area contributed by atoms with Gasteiger partial charge in [0.05, 0.1) is 11.1 Å². The molecule has 1 rings (SSSR count). The Balaban J connectivity index is 3.16. The second-order valence-corrected chi connectivity index (χ2v) is 3.14. The molecule has 5 heteroatoms. The van der Waals surface area contributed by atoms with Crippen LogP contribution >= 0.6 is 0 Å². The molecule has 5 nitrogen and oxygen atoms in total. The van der Waals surface area contributed by atoms with E-state index in [0.717, 1.165) is 0 Å². The molecule has 76 valence electrons. The van der Waals surface area contributed by atoms with Gasteiger partial charge in [-0.1, -0.05) is 0 Å². The number of carbonyl (C=O) groups is 2. The number of carboxylic acid groups (broad SMARTS) is 2. The predicted molar refractivity (Wildman–Crippen MR) is 48.7 cm³/mol. The van der Waals surface area contributed by atoms with Crippen molar-refractivity contribution in [3.63, 3.8) is 0 Å². The van der Waals surface area contributed by atoms with Crippen molar-refractivity contribution in [2.45, 2.75) is 6.92 Å². The SMILES string of the molecule is CC1=C(C(=O)O)C=C(C(=O)O)CN1C. The van der Waals surface area contributed by atoms with Gasteiger partial charge in [-0.3, -0.25) is 0 Å². The molecule has 0 aromatic carbocycles. The molecule has 1 aliphatic heterocycles. The smallest absolute Gasteiger partial charge is 0.337 e. The van der Waals surface area contributed by atoms with E-state index in [1.54, 1.807) is 18.9 Å². The van der Waals surface area contributed by atoms with E-state index in [-0.39, 0.29) is 17.7 Å². The van der Waals surface area contributed by atoms with E-state index in [4.69, 9.17) is 10.2 Å². The third-order valence-corrected chi connectivity index (χ3v) is 2.19. The number of rotatable bonds is 2. The average Bonchev–Trinajstić information content (AvgIpc) is 2.08. The molecule has 1 aliphatic rings. The molecule has 0 saturated heterocycles. The number of allylic oxidation sites excluding steroid dienone is 1. The standard InChI is InChI=1S/C9H11NO4/c1-5-7(9(13)14)3-6(8(11)12)4-10(5)2/h3H,4H2,1-2H3,(H,11,12)(H,13,14). The Hall–Kier alpha value is -1.78. The van der Waals surface area contributed by atoms with Crippen LogP contribution in [0.5, 0.6) is 0 Å². The average molecular weight is 197 g/mol. The maximum atomic E-state index is 10.8. The number of hydrogen-bond acceptors (Lipinski definition) is 3. The van der Waals surface area contributed by atoms with Gasteiger partial charge in [0.2, 0.25) is 0 Å². The number of likely N-dealkylation sites (N-methyl/N-ethyl adjacent to an activating group) is 1. The highest BCUT2D eigenvalue weighted by Gasteiger charge is 2.22. The van der Waals surface area contributed by atoms with Crippen molar-refractivity contribution < 1.29 is 19.8 Å². The third kappa shape index (κ3) is 1.76. The van der Waals surface area contributed by atoms with Crippen LogP contribution in [0, 0.1) is 0 Å². The van der Waals surface area contributed by atoms with E-state index < -0.39 is 11.9 Å². The second kappa shape index (κ2) is 3.53. The lowest BCUT2D eigenvalue weighted by molar-refractivity contribution is -0.132. The molecule has 0 aromatic rings. The minimum Gasteiger partial charge on any atom is -0.478 e. The number of nitrogens with zero attached hydrogens (tertiary/aromatic N) is 1. The van der Waals surface area contributed by atoms with Crippen LogP contribution in [0.3, 0.4) is 0 Å². The summed E-state index contributed by atoms with van der Waals surface area (Å²) in [5.41, 5.74) is 0.703. The van der Waals surface area contributed by atoms with E-state index in [1.165, 1.54) is 6.08 Å². The van der Waals surface area contributed by atoms with Gasteiger partial charge >= 0.3 is 11.9 Å². The van der Waals surface area contributed by atoms with E-state index in [2.05, 4.69) is 0 Å². The Morgan fingerprint density at radius 1 is 1.36 bits per heavy atom. The largest absolute Gasteiger partial charge is 0.478 e. The van der Waals surface area contributed by atoms with Crippen LogP contribution in [0.25, 0.3) is 0 Å². The molecule has 0 spiro atoms. The van der Waals surface area contributed by atoms with Gasteiger partial charge < -0.3 is 15.1 Å². The molecule has 0 unspecified atom stereocenters. The van der Waals surface area contributed by atoms with Crippen LogP contribution in [-0.2, 0) is 9.59 Å². The van der Waals surface area contributed by atoms with Crippen molar-refractivity contribution in [1.82, 2.24) is 4.90 Å². The Bertz CT molecular complexity index is 354. The maximum absolute atomic E-state index is 10.8. The molecule has 0 fully saturated rings. The molecule has 0 aromatic heterocycles. The lowest BCUT2D eigenvalue weighted by Crippen LogP contribution is -2.28. The van der Waals surface area contributed by atoms with Gasteiger partial charge in [0, 0.05) is 19.3 Å². The summed E-state index contributed by atoms with van der Waals surface area (Å²) < 4.78 is 0. The zero-order valence-electron chi connectivity index (χ0n) is 7.94. The lowest BCUT2D eigenvalue weighted by atomic mass is 10.0. The van der Waals surface area contributed by atoms with E-state index >= 15 is 0 Å². The van der Waals surface area contributed by atoms with E-state index in [9.17, 15) is 9.59 Å². The van der Waals surface area contributed by atoms with Crippen molar-refractivity contribution in [2.75, 3.05) is 13.6 Å². The minimum absolute atomic E-state index is 0.0381. The fourth-order valence-electron chi connectivity index (χ4n) is 1.25. The van der Waals surface area contributed by atoms with Crippen LogP contribution in [0.2, 0.25) is 0 Å². The Morgan fingerprint density at radius 2 is 1.93 bits per heavy atom. The van der Waals surface area contributed by atoms with Crippen LogP contribution in [0.15, 0.2) is 22.9 Å². The molecule has 14 heavy (non-hydrogen) atoms. The molecular formula is C9H11NO4. The number of aliphatic carboxylic acids is 2. The molecule has 0 saturated carbocycles. The minimum atomic E-state index is -1.10. The van der Waals surface area contributed by atoms with Crippen LogP contribution in [-0.4, -0.2) is 40.6 Å². The predicted octanol–water partition coefficient (Wildman–Crippen LogP) is 0.301. The number of carboxylic acids is 2. The Kier molecular flexibility index (Phi) is 2.60. The summed E-state index contributed by atoms with van der Waals surface area (Å²) in [6.07, 6.45) is 1.21. The first kappa shape index (κ1) is 10.3. The van der Waals surface area contributed by atoms with Crippen LogP contribution < -0.4 is 0 Å². The quantitative estimate of drug-likeness (QED) is 0.665. The first-order chi connectivity index (χ1) is 6.43. The summed E-state index contributed by atoms with van der Waals surface area (Å²) in [4.78, 5) is 23.0. The maximum Gasteiger partial charge on any atom is 0.337 e. The Morgan fingerprint density at radius 3 is 2.36 bits per heavy atom. The zero-order valence-corrected chi connectivity index (χ0v) is 7.94. The summed E-state index contributed by atoms with van der Waals surface area (Å²) in [5, 5.41) is 17.5. The zero-order chi connectivity index (χ0) is 10.9. The highest BCUT2D eigenvalue weighted by atomic mass is 16.4. The summed E-state index contributed by atoms with van der Waals surface area (Å²) >= 11 is 0. The van der Waals surface area contributed by atoms with Crippen molar-refractivity contribution in [2.24, 2.45) is 0 Å². The molecule has 1 heterocycles. The third-order valence-electron chi connectivity index (χ3n) is 2.19. The highest BCUT2D eigenvalue weighted by molar-refractivity contribution is 5.96.